The minimum Gasteiger partial charge on any atom is -0.265 e. The van der Waals surface area contributed by atoms with Crippen LogP contribution in [0.2, 0.25) is 0 Å². The molecule has 3 heterocycles. The minimum atomic E-state index is -0.481. The molecule has 6 rings (SSSR count). The van der Waals surface area contributed by atoms with Crippen LogP contribution in [0.25, 0.3) is 45.2 Å². The van der Waals surface area contributed by atoms with Crippen molar-refractivity contribution in [3.63, 3.8) is 0 Å². The second kappa shape index (κ2) is 9.68. The van der Waals surface area contributed by atoms with Gasteiger partial charge in [0.25, 0.3) is 11.4 Å². The number of nitro benzene ring substituents is 2. The fourth-order valence-corrected chi connectivity index (χ4v) is 4.56. The third-order valence-corrected chi connectivity index (χ3v) is 6.36. The van der Waals surface area contributed by atoms with Crippen molar-refractivity contribution in [2.75, 3.05) is 0 Å². The maximum absolute atomic E-state index is 11.1. The Labute approximate surface area is 232 Å². The van der Waals surface area contributed by atoms with Gasteiger partial charge in [-0.15, -0.1) is 10.2 Å². The van der Waals surface area contributed by atoms with E-state index in [-0.39, 0.29) is 20.9 Å². The van der Waals surface area contributed by atoms with E-state index in [1.165, 1.54) is 24.3 Å². The topological polar surface area (TPSA) is 179 Å². The lowest BCUT2D eigenvalue weighted by atomic mass is 10.1. The summed E-state index contributed by atoms with van der Waals surface area (Å²) in [6.45, 7) is 0. The zero-order valence-corrected chi connectivity index (χ0v) is 21.6. The lowest BCUT2D eigenvalue weighted by Crippen LogP contribution is -2.10. The van der Waals surface area contributed by atoms with Gasteiger partial charge in [0.1, 0.15) is 0 Å². The first-order chi connectivity index (χ1) is 19.3. The Hall–Kier alpha value is -5.48. The highest BCUT2D eigenvalue weighted by Crippen LogP contribution is 2.30. The van der Waals surface area contributed by atoms with Crippen LogP contribution < -0.4 is 0 Å². The number of fused-ring (bicyclic) bond motifs is 1. The first-order valence-electron chi connectivity index (χ1n) is 11.4. The molecule has 0 fully saturated rings. The molecule has 0 saturated heterocycles. The smallest absolute Gasteiger partial charge is 0.265 e. The largest absolute Gasteiger partial charge is 0.269 e. The van der Waals surface area contributed by atoms with Crippen LogP contribution in [-0.4, -0.2) is 49.6 Å². The highest BCUT2D eigenvalue weighted by atomic mass is 32.1. The van der Waals surface area contributed by atoms with Gasteiger partial charge in [0.05, 0.1) is 9.85 Å². The Kier molecular flexibility index (Phi) is 6.01. The van der Waals surface area contributed by atoms with Crippen molar-refractivity contribution in [2.24, 2.45) is 0 Å². The van der Waals surface area contributed by atoms with E-state index in [1.54, 1.807) is 33.6 Å². The van der Waals surface area contributed by atoms with E-state index in [1.807, 2.05) is 24.3 Å². The summed E-state index contributed by atoms with van der Waals surface area (Å²) in [5, 5.41) is 38.5. The number of nitro groups is 2. The quantitative estimate of drug-likeness (QED) is 0.152. The minimum absolute atomic E-state index is 0.0551. The van der Waals surface area contributed by atoms with Crippen LogP contribution in [0.1, 0.15) is 0 Å². The Morgan fingerprint density at radius 3 is 1.35 bits per heavy atom. The number of non-ortho nitro benzene ring substituents is 2. The molecule has 0 atom stereocenters. The molecule has 6 aromatic rings. The van der Waals surface area contributed by atoms with Crippen LogP contribution >= 0.6 is 24.4 Å². The molecular weight excluding hydrogens is 556 g/mol. The molecule has 196 valence electrons. The zero-order valence-electron chi connectivity index (χ0n) is 20.0. The number of hydrogen-bond acceptors (Lipinski definition) is 10. The number of nitrogens with one attached hydrogen (secondary N) is 2. The summed E-state index contributed by atoms with van der Waals surface area (Å²) in [6, 6.07) is 19.2. The third kappa shape index (κ3) is 4.32. The van der Waals surface area contributed by atoms with Crippen molar-refractivity contribution in [2.45, 2.75) is 0 Å². The van der Waals surface area contributed by atoms with E-state index in [0.29, 0.717) is 45.2 Å². The van der Waals surface area contributed by atoms with Crippen molar-refractivity contribution >= 4 is 46.6 Å². The standard InChI is InChI=1S/C24H14N10O4S2/c35-33(36)15-9-5-13(6-10-15)19-25-23(39)29-31(19)21-17-3-1-2-4-18(17)22(28-27-21)32-20(26-24(40)30-32)14-7-11-16(12-8-14)34(37)38/h1-12H,(H,29,39)(H,30,40). The summed E-state index contributed by atoms with van der Waals surface area (Å²) in [7, 11) is 0. The van der Waals surface area contributed by atoms with Crippen molar-refractivity contribution in [3.05, 3.63) is 103 Å². The Morgan fingerprint density at radius 2 is 1.00 bits per heavy atom. The SMILES string of the molecule is O=[N+]([O-])c1ccc(-c2nc(=S)[nH]n2-c2nnc(-n3[nH]c(=S)nc3-c3ccc([N+](=O)[O-])cc3)c3ccccc23)cc1. The van der Waals surface area contributed by atoms with Gasteiger partial charge in [-0.25, -0.2) is 9.36 Å². The molecule has 0 saturated carbocycles. The van der Waals surface area contributed by atoms with Gasteiger partial charge in [-0.05, 0) is 48.7 Å². The van der Waals surface area contributed by atoms with E-state index in [2.05, 4.69) is 30.4 Å². The van der Waals surface area contributed by atoms with E-state index >= 15 is 0 Å². The number of H-pyrrole nitrogens is 2. The number of rotatable bonds is 6. The molecule has 16 heteroatoms. The van der Waals surface area contributed by atoms with Crippen molar-refractivity contribution < 1.29 is 9.85 Å². The van der Waals surface area contributed by atoms with Gasteiger partial charge < -0.3 is 0 Å². The molecule has 0 spiro atoms. The van der Waals surface area contributed by atoms with E-state index < -0.39 is 9.85 Å². The maximum atomic E-state index is 11.1. The second-order valence-corrected chi connectivity index (χ2v) is 9.15. The Balaban J connectivity index is 1.51. The highest BCUT2D eigenvalue weighted by molar-refractivity contribution is 7.71. The Morgan fingerprint density at radius 1 is 0.625 bits per heavy atom. The summed E-state index contributed by atoms with van der Waals surface area (Å²) < 4.78 is 3.50. The second-order valence-electron chi connectivity index (χ2n) is 8.38. The molecule has 0 aliphatic carbocycles. The maximum Gasteiger partial charge on any atom is 0.269 e. The number of aromatic nitrogens is 8. The van der Waals surface area contributed by atoms with Crippen LogP contribution in [0, 0.1) is 29.8 Å². The summed E-state index contributed by atoms with van der Waals surface area (Å²) in [4.78, 5) is 30.0. The van der Waals surface area contributed by atoms with Gasteiger partial charge >= 0.3 is 0 Å². The van der Waals surface area contributed by atoms with Gasteiger partial charge in [-0.1, -0.05) is 24.3 Å². The molecule has 3 aromatic carbocycles. The predicted molar refractivity (Wildman–Crippen MR) is 148 cm³/mol. The number of hydrogen-bond donors (Lipinski definition) is 2. The summed E-state index contributed by atoms with van der Waals surface area (Å²) in [5.74, 6) is 1.54. The Bertz CT molecular complexity index is 1910. The summed E-state index contributed by atoms with van der Waals surface area (Å²) in [6.07, 6.45) is 0. The molecule has 0 bridgehead atoms. The van der Waals surface area contributed by atoms with Gasteiger partial charge in [-0.2, -0.15) is 9.97 Å². The number of nitrogens with zero attached hydrogens (tertiary/aromatic N) is 8. The van der Waals surface area contributed by atoms with Crippen LogP contribution in [0.5, 0.6) is 0 Å². The fourth-order valence-electron chi connectivity index (χ4n) is 4.20. The average Bonchev–Trinajstić information content (AvgIpc) is 3.54. The molecule has 0 amide bonds. The van der Waals surface area contributed by atoms with Crippen molar-refractivity contribution in [1.82, 2.24) is 39.7 Å². The number of benzene rings is 3. The fraction of sp³-hybridized carbons (Fsp3) is 0. The molecule has 0 aliphatic heterocycles. The molecule has 40 heavy (non-hydrogen) atoms. The highest BCUT2D eigenvalue weighted by Gasteiger charge is 2.20. The first-order valence-corrected chi connectivity index (χ1v) is 12.3. The van der Waals surface area contributed by atoms with E-state index in [0.717, 1.165) is 0 Å². The summed E-state index contributed by atoms with van der Waals surface area (Å²) >= 11 is 10.6. The molecule has 0 unspecified atom stereocenters. The predicted octanol–water partition coefficient (Wildman–Crippen LogP) is 5.27. The van der Waals surface area contributed by atoms with Crippen LogP contribution in [0.3, 0.4) is 0 Å². The average molecular weight is 571 g/mol. The first kappa shape index (κ1) is 24.8. The van der Waals surface area contributed by atoms with Crippen LogP contribution in [0.15, 0.2) is 72.8 Å². The van der Waals surface area contributed by atoms with Crippen LogP contribution in [0.4, 0.5) is 11.4 Å². The lowest BCUT2D eigenvalue weighted by molar-refractivity contribution is -0.385. The van der Waals surface area contributed by atoms with E-state index in [4.69, 9.17) is 24.4 Å². The third-order valence-electron chi connectivity index (χ3n) is 6.00. The molecule has 14 nitrogen and oxygen atoms in total. The zero-order chi connectivity index (χ0) is 28.0. The van der Waals surface area contributed by atoms with E-state index in [9.17, 15) is 20.2 Å². The van der Waals surface area contributed by atoms with Crippen molar-refractivity contribution in [1.29, 1.82) is 0 Å². The van der Waals surface area contributed by atoms with Gasteiger partial charge in [0.2, 0.25) is 9.54 Å². The van der Waals surface area contributed by atoms with Gasteiger partial charge in [0, 0.05) is 46.2 Å². The number of aromatic amines is 2. The normalized spacial score (nSPS) is 11.1. The van der Waals surface area contributed by atoms with Gasteiger partial charge in [-0.3, -0.25) is 30.4 Å². The lowest BCUT2D eigenvalue weighted by Gasteiger charge is -2.13. The summed E-state index contributed by atoms with van der Waals surface area (Å²) in [5.41, 5.74) is 1.04. The monoisotopic (exact) mass is 570 g/mol. The molecule has 0 aliphatic rings. The molecular formula is C24H14N10O4S2. The van der Waals surface area contributed by atoms with Crippen molar-refractivity contribution in [3.8, 4) is 34.4 Å². The molecule has 3 aromatic heterocycles. The van der Waals surface area contributed by atoms with Crippen LogP contribution in [-0.2, 0) is 0 Å². The molecule has 2 N–H and O–H groups in total. The van der Waals surface area contributed by atoms with Gasteiger partial charge in [0.15, 0.2) is 23.3 Å². The molecule has 0 radical (unpaired) electrons.